The van der Waals surface area contributed by atoms with Crippen LogP contribution in [0.3, 0.4) is 0 Å². The number of rotatable bonds is 4. The van der Waals surface area contributed by atoms with E-state index < -0.39 is 28.6 Å². The monoisotopic (exact) mass is 448 g/mol. The Morgan fingerprint density at radius 2 is 1.76 bits per heavy atom. The Morgan fingerprint density at radius 3 is 2.45 bits per heavy atom. The Morgan fingerprint density at radius 1 is 1.03 bits per heavy atom. The highest BCUT2D eigenvalue weighted by Gasteiger charge is 2.38. The Labute approximate surface area is 186 Å². The number of nitro benzene ring substituents is 1. The molecule has 1 fully saturated rings. The van der Waals surface area contributed by atoms with E-state index in [9.17, 15) is 28.9 Å². The first kappa shape index (κ1) is 21.6. The predicted molar refractivity (Wildman–Crippen MR) is 117 cm³/mol. The molecule has 0 atom stereocenters. The van der Waals surface area contributed by atoms with Gasteiger partial charge in [-0.3, -0.25) is 25.0 Å². The number of benzene rings is 2. The molecular weight excluding hydrogens is 431 g/mol. The van der Waals surface area contributed by atoms with E-state index >= 15 is 0 Å². The van der Waals surface area contributed by atoms with Gasteiger partial charge in [-0.05, 0) is 49.8 Å². The molecule has 1 aromatic heterocycles. The number of amides is 4. The molecule has 0 radical (unpaired) electrons. The maximum Gasteiger partial charge on any atom is 0.336 e. The van der Waals surface area contributed by atoms with Crippen molar-refractivity contribution in [2.75, 3.05) is 4.90 Å². The van der Waals surface area contributed by atoms with Gasteiger partial charge in [0.05, 0.1) is 16.3 Å². The van der Waals surface area contributed by atoms with Gasteiger partial charge in [0.1, 0.15) is 11.4 Å². The van der Waals surface area contributed by atoms with Crippen LogP contribution < -0.4 is 10.2 Å². The highest BCUT2D eigenvalue weighted by atomic mass is 19.1. The number of urea groups is 1. The Balaban J connectivity index is 1.78. The number of nitro groups is 1. The number of non-ortho nitro benzene ring substituents is 1. The predicted octanol–water partition coefficient (Wildman–Crippen LogP) is 3.81. The molecule has 1 aliphatic rings. The average Bonchev–Trinajstić information content (AvgIpc) is 3.05. The molecule has 0 unspecified atom stereocenters. The van der Waals surface area contributed by atoms with Crippen LogP contribution in [0.15, 0.2) is 60.2 Å². The van der Waals surface area contributed by atoms with Crippen LogP contribution in [0.1, 0.15) is 17.0 Å². The molecule has 1 saturated heterocycles. The van der Waals surface area contributed by atoms with Crippen molar-refractivity contribution in [2.24, 2.45) is 0 Å². The summed E-state index contributed by atoms with van der Waals surface area (Å²) < 4.78 is 16.0. The number of hydrogen-bond donors (Lipinski definition) is 1. The Bertz CT molecular complexity index is 1370. The number of aryl methyl sites for hydroxylation is 1. The molecule has 10 heteroatoms. The summed E-state index contributed by atoms with van der Waals surface area (Å²) in [5, 5.41) is 13.2. The molecule has 33 heavy (non-hydrogen) atoms. The van der Waals surface area contributed by atoms with Crippen molar-refractivity contribution in [1.29, 1.82) is 0 Å². The Hall–Kier alpha value is -4.60. The lowest BCUT2D eigenvalue weighted by atomic mass is 10.1. The smallest absolute Gasteiger partial charge is 0.318 e. The summed E-state index contributed by atoms with van der Waals surface area (Å²) in [6, 6.07) is 11.9. The molecule has 4 amide bonds. The van der Waals surface area contributed by atoms with E-state index in [0.29, 0.717) is 27.5 Å². The van der Waals surface area contributed by atoms with Crippen LogP contribution in [-0.2, 0) is 9.59 Å². The fraction of sp³-hybridized carbons (Fsp3) is 0.0870. The van der Waals surface area contributed by atoms with Crippen LogP contribution in [0.4, 0.5) is 20.6 Å². The topological polar surface area (TPSA) is 115 Å². The molecule has 9 nitrogen and oxygen atoms in total. The summed E-state index contributed by atoms with van der Waals surface area (Å²) in [4.78, 5) is 49.0. The molecule has 0 spiro atoms. The summed E-state index contributed by atoms with van der Waals surface area (Å²) in [5.41, 5.74) is 1.62. The number of aromatic nitrogens is 1. The molecule has 4 rings (SSSR count). The molecule has 1 N–H and O–H groups in total. The molecule has 0 saturated carbocycles. The molecule has 0 aliphatic carbocycles. The van der Waals surface area contributed by atoms with Gasteiger partial charge in [-0.2, -0.15) is 0 Å². The van der Waals surface area contributed by atoms with E-state index in [1.165, 1.54) is 36.4 Å². The zero-order chi connectivity index (χ0) is 23.9. The molecule has 2 aromatic carbocycles. The number of anilines is 1. The molecule has 0 bridgehead atoms. The molecule has 3 aromatic rings. The quantitative estimate of drug-likeness (QED) is 0.282. The third-order valence-corrected chi connectivity index (χ3v) is 5.26. The van der Waals surface area contributed by atoms with E-state index in [1.54, 1.807) is 36.6 Å². The lowest BCUT2D eigenvalue weighted by Crippen LogP contribution is -2.54. The maximum absolute atomic E-state index is 14.2. The number of para-hydroxylation sites is 1. The number of nitrogens with one attached hydrogen (secondary N) is 1. The zero-order valence-electron chi connectivity index (χ0n) is 17.5. The van der Waals surface area contributed by atoms with Gasteiger partial charge >= 0.3 is 6.03 Å². The van der Waals surface area contributed by atoms with Crippen molar-refractivity contribution in [2.45, 2.75) is 13.8 Å². The summed E-state index contributed by atoms with van der Waals surface area (Å²) in [6.45, 7) is 3.50. The lowest BCUT2D eigenvalue weighted by molar-refractivity contribution is -0.384. The van der Waals surface area contributed by atoms with Crippen LogP contribution in [0.25, 0.3) is 11.8 Å². The number of hydrogen-bond acceptors (Lipinski definition) is 5. The highest BCUT2D eigenvalue weighted by molar-refractivity contribution is 6.39. The lowest BCUT2D eigenvalue weighted by Gasteiger charge is -2.26. The first-order valence-electron chi connectivity index (χ1n) is 9.79. The number of barbiturate groups is 1. The zero-order valence-corrected chi connectivity index (χ0v) is 17.5. The van der Waals surface area contributed by atoms with Crippen molar-refractivity contribution < 1.29 is 23.7 Å². The van der Waals surface area contributed by atoms with Crippen molar-refractivity contribution in [3.8, 4) is 5.69 Å². The van der Waals surface area contributed by atoms with Gasteiger partial charge in [0.15, 0.2) is 0 Å². The first-order valence-corrected chi connectivity index (χ1v) is 9.79. The van der Waals surface area contributed by atoms with Gasteiger partial charge in [-0.25, -0.2) is 14.1 Å². The summed E-state index contributed by atoms with van der Waals surface area (Å²) in [5.74, 6) is -2.66. The van der Waals surface area contributed by atoms with Gasteiger partial charge in [0, 0.05) is 23.5 Å². The van der Waals surface area contributed by atoms with Gasteiger partial charge in [0.2, 0.25) is 0 Å². The van der Waals surface area contributed by atoms with Gasteiger partial charge in [-0.15, -0.1) is 0 Å². The van der Waals surface area contributed by atoms with Gasteiger partial charge < -0.3 is 4.57 Å². The SMILES string of the molecule is Cc1cc(/C=C2\C(=O)NC(=O)N(c3ccccc3F)C2=O)c(C)n1-c1cccc([N+](=O)[O-])c1. The van der Waals surface area contributed by atoms with Crippen LogP contribution in [0.2, 0.25) is 0 Å². The molecule has 2 heterocycles. The number of nitrogens with zero attached hydrogens (tertiary/aromatic N) is 3. The van der Waals surface area contributed by atoms with Crippen molar-refractivity contribution in [3.63, 3.8) is 0 Å². The standard InChI is InChI=1S/C23H17FN4O5/c1-13-10-15(14(2)26(13)16-6-5-7-17(12-16)28(32)33)11-18-21(29)25-23(31)27(22(18)30)20-9-4-3-8-19(20)24/h3-12H,1-2H3,(H,25,29,31)/b18-11+. The van der Waals surface area contributed by atoms with E-state index in [2.05, 4.69) is 5.32 Å². The van der Waals surface area contributed by atoms with E-state index in [0.717, 1.165) is 6.07 Å². The van der Waals surface area contributed by atoms with Gasteiger partial charge in [-0.1, -0.05) is 18.2 Å². The van der Waals surface area contributed by atoms with Crippen LogP contribution in [0.5, 0.6) is 0 Å². The number of carbonyl (C=O) groups excluding carboxylic acids is 3. The fourth-order valence-corrected chi connectivity index (χ4v) is 3.74. The number of imide groups is 2. The van der Waals surface area contributed by atoms with Crippen LogP contribution in [0, 0.1) is 29.8 Å². The number of carbonyl (C=O) groups is 3. The fourth-order valence-electron chi connectivity index (χ4n) is 3.74. The van der Waals surface area contributed by atoms with Crippen molar-refractivity contribution in [3.05, 3.63) is 93.1 Å². The third kappa shape index (κ3) is 3.78. The Kier molecular flexibility index (Phi) is 5.34. The minimum absolute atomic E-state index is 0.0826. The largest absolute Gasteiger partial charge is 0.336 e. The summed E-state index contributed by atoms with van der Waals surface area (Å²) in [6.07, 6.45) is 1.31. The normalized spacial score (nSPS) is 15.2. The minimum atomic E-state index is -1.05. The number of halogens is 1. The average molecular weight is 448 g/mol. The van der Waals surface area contributed by atoms with E-state index in [-0.39, 0.29) is 16.9 Å². The maximum atomic E-state index is 14.2. The third-order valence-electron chi connectivity index (χ3n) is 5.26. The second-order valence-electron chi connectivity index (χ2n) is 7.35. The van der Waals surface area contributed by atoms with Crippen molar-refractivity contribution in [1.82, 2.24) is 9.88 Å². The van der Waals surface area contributed by atoms with Gasteiger partial charge in [0.25, 0.3) is 17.5 Å². The van der Waals surface area contributed by atoms with Crippen LogP contribution in [-0.4, -0.2) is 27.3 Å². The summed E-state index contributed by atoms with van der Waals surface area (Å²) in [7, 11) is 0. The van der Waals surface area contributed by atoms with Crippen LogP contribution >= 0.6 is 0 Å². The first-order chi connectivity index (χ1) is 15.7. The second kappa shape index (κ2) is 8.15. The highest BCUT2D eigenvalue weighted by Crippen LogP contribution is 2.28. The second-order valence-corrected chi connectivity index (χ2v) is 7.35. The summed E-state index contributed by atoms with van der Waals surface area (Å²) >= 11 is 0. The molecule has 166 valence electrons. The van der Waals surface area contributed by atoms with Crippen molar-refractivity contribution >= 4 is 35.3 Å². The molecular formula is C23H17FN4O5. The molecule has 1 aliphatic heterocycles. The van der Waals surface area contributed by atoms with E-state index in [1.807, 2.05) is 0 Å². The minimum Gasteiger partial charge on any atom is -0.318 e. The van der Waals surface area contributed by atoms with E-state index in [4.69, 9.17) is 0 Å².